The molecule has 0 fully saturated rings. The molecule has 0 aliphatic heterocycles. The van der Waals surface area contributed by atoms with Gasteiger partial charge in [-0.25, -0.2) is 9.59 Å². The maximum Gasteiger partial charge on any atom is 0.326 e. The van der Waals surface area contributed by atoms with Crippen molar-refractivity contribution in [1.82, 2.24) is 4.90 Å². The van der Waals surface area contributed by atoms with E-state index in [1.807, 2.05) is 0 Å². The molecular formula is C11H12BrClN2O3. The molecule has 1 unspecified atom stereocenters. The van der Waals surface area contributed by atoms with Gasteiger partial charge in [0.1, 0.15) is 6.04 Å². The summed E-state index contributed by atoms with van der Waals surface area (Å²) in [5, 5.41) is 11.9. The minimum atomic E-state index is -1.07. The number of hydrogen-bond donors (Lipinski definition) is 2. The molecule has 0 radical (unpaired) electrons. The Bertz CT molecular complexity index is 481. The van der Waals surface area contributed by atoms with Gasteiger partial charge in [-0.1, -0.05) is 17.7 Å². The molecule has 0 spiro atoms. The Morgan fingerprint density at radius 1 is 1.50 bits per heavy atom. The first-order valence-corrected chi connectivity index (χ1v) is 6.22. The second-order valence-corrected chi connectivity index (χ2v) is 4.86. The Morgan fingerprint density at radius 3 is 2.67 bits per heavy atom. The summed E-state index contributed by atoms with van der Waals surface area (Å²) in [6, 6.07) is 3.58. The van der Waals surface area contributed by atoms with Gasteiger partial charge in [-0.15, -0.1) is 0 Å². The molecule has 0 saturated heterocycles. The highest BCUT2D eigenvalue weighted by Crippen LogP contribution is 2.30. The van der Waals surface area contributed by atoms with Gasteiger partial charge in [-0.05, 0) is 35.0 Å². The number of nitrogens with one attached hydrogen (secondary N) is 1. The van der Waals surface area contributed by atoms with Crippen LogP contribution >= 0.6 is 27.5 Å². The molecule has 0 heterocycles. The Kier molecular flexibility index (Phi) is 4.98. The summed E-state index contributed by atoms with van der Waals surface area (Å²) in [4.78, 5) is 23.7. The number of halogens is 2. The van der Waals surface area contributed by atoms with E-state index in [-0.39, 0.29) is 0 Å². The molecule has 18 heavy (non-hydrogen) atoms. The first kappa shape index (κ1) is 14.8. The summed E-state index contributed by atoms with van der Waals surface area (Å²) in [6.07, 6.45) is 0. The molecule has 1 rings (SSSR count). The summed E-state index contributed by atoms with van der Waals surface area (Å²) in [6.45, 7) is 1.43. The molecule has 0 aromatic heterocycles. The molecule has 2 N–H and O–H groups in total. The van der Waals surface area contributed by atoms with Crippen LogP contribution in [0.5, 0.6) is 0 Å². The molecule has 0 aliphatic rings. The van der Waals surface area contributed by atoms with Crippen molar-refractivity contribution in [3.8, 4) is 0 Å². The first-order valence-electron chi connectivity index (χ1n) is 5.05. The summed E-state index contributed by atoms with van der Waals surface area (Å²) >= 11 is 9.13. The maximum atomic E-state index is 11.8. The number of hydrogen-bond acceptors (Lipinski definition) is 2. The molecule has 2 amide bonds. The summed E-state index contributed by atoms with van der Waals surface area (Å²) in [5.74, 6) is -1.07. The van der Waals surface area contributed by atoms with E-state index in [0.717, 1.165) is 4.90 Å². The number of benzene rings is 1. The predicted octanol–water partition coefficient (Wildman–Crippen LogP) is 3.04. The van der Waals surface area contributed by atoms with E-state index in [0.29, 0.717) is 15.2 Å². The highest BCUT2D eigenvalue weighted by atomic mass is 79.9. The molecular weight excluding hydrogens is 323 g/mol. The number of carbonyl (C=O) groups excluding carboxylic acids is 1. The SMILES string of the molecule is CC(C(=O)O)N(C)C(=O)Nc1cccc(Cl)c1Br. The third-order valence-electron chi connectivity index (χ3n) is 2.45. The fourth-order valence-electron chi connectivity index (χ4n) is 1.15. The van der Waals surface area contributed by atoms with Crippen LogP contribution in [0.3, 0.4) is 0 Å². The number of likely N-dealkylation sites (N-methyl/N-ethyl adjacent to an activating group) is 1. The normalized spacial score (nSPS) is 11.8. The average molecular weight is 336 g/mol. The van der Waals surface area contributed by atoms with E-state index >= 15 is 0 Å². The monoisotopic (exact) mass is 334 g/mol. The second-order valence-electron chi connectivity index (χ2n) is 3.66. The minimum Gasteiger partial charge on any atom is -0.480 e. The number of amides is 2. The molecule has 0 aliphatic carbocycles. The molecule has 1 aromatic carbocycles. The molecule has 1 atom stereocenters. The van der Waals surface area contributed by atoms with Crippen LogP contribution in [0.25, 0.3) is 0 Å². The standard InChI is InChI=1S/C11H12BrClN2O3/c1-6(10(16)17)15(2)11(18)14-8-5-3-4-7(13)9(8)12/h3-6H,1-2H3,(H,14,18)(H,16,17). The van der Waals surface area contributed by atoms with E-state index in [2.05, 4.69) is 21.2 Å². The number of anilines is 1. The lowest BCUT2D eigenvalue weighted by atomic mass is 10.3. The van der Waals surface area contributed by atoms with Gasteiger partial charge >= 0.3 is 12.0 Å². The van der Waals surface area contributed by atoms with Gasteiger partial charge < -0.3 is 15.3 Å². The minimum absolute atomic E-state index is 0.460. The number of rotatable bonds is 3. The summed E-state index contributed by atoms with van der Waals surface area (Å²) in [7, 11) is 1.41. The summed E-state index contributed by atoms with van der Waals surface area (Å²) < 4.78 is 0.552. The first-order chi connectivity index (χ1) is 8.34. The third-order valence-corrected chi connectivity index (χ3v) is 3.85. The van der Waals surface area contributed by atoms with Crippen LogP contribution in [0, 0.1) is 0 Å². The molecule has 1 aromatic rings. The zero-order valence-corrected chi connectivity index (χ0v) is 12.1. The third kappa shape index (κ3) is 3.36. The van der Waals surface area contributed by atoms with Crippen molar-refractivity contribution < 1.29 is 14.7 Å². The van der Waals surface area contributed by atoms with Crippen LogP contribution in [0.4, 0.5) is 10.5 Å². The lowest BCUT2D eigenvalue weighted by Gasteiger charge is -2.22. The number of urea groups is 1. The lowest BCUT2D eigenvalue weighted by Crippen LogP contribution is -2.42. The zero-order valence-electron chi connectivity index (χ0n) is 9.78. The molecule has 7 heteroatoms. The number of carbonyl (C=O) groups is 2. The van der Waals surface area contributed by atoms with E-state index in [1.165, 1.54) is 14.0 Å². The second kappa shape index (κ2) is 6.06. The maximum absolute atomic E-state index is 11.8. The van der Waals surface area contributed by atoms with Gasteiger partial charge in [0.15, 0.2) is 0 Å². The topological polar surface area (TPSA) is 69.6 Å². The van der Waals surface area contributed by atoms with Gasteiger partial charge in [0, 0.05) is 7.05 Å². The van der Waals surface area contributed by atoms with Crippen molar-refractivity contribution in [2.24, 2.45) is 0 Å². The molecule has 0 saturated carbocycles. The van der Waals surface area contributed by atoms with Gasteiger partial charge in [0.25, 0.3) is 0 Å². The summed E-state index contributed by atoms with van der Waals surface area (Å²) in [5.41, 5.74) is 0.483. The van der Waals surface area contributed by atoms with Crippen molar-refractivity contribution in [1.29, 1.82) is 0 Å². The van der Waals surface area contributed by atoms with E-state index in [4.69, 9.17) is 16.7 Å². The number of carboxylic acid groups (broad SMARTS) is 1. The Balaban J connectivity index is 2.82. The number of aliphatic carboxylic acids is 1. The molecule has 5 nitrogen and oxygen atoms in total. The van der Waals surface area contributed by atoms with Gasteiger partial charge in [0.2, 0.25) is 0 Å². The number of nitrogens with zero attached hydrogens (tertiary/aromatic N) is 1. The van der Waals surface area contributed by atoms with Crippen molar-refractivity contribution in [3.63, 3.8) is 0 Å². The fraction of sp³-hybridized carbons (Fsp3) is 0.273. The van der Waals surface area contributed by atoms with Crippen LogP contribution in [-0.2, 0) is 4.79 Å². The van der Waals surface area contributed by atoms with Crippen molar-refractivity contribution in [2.75, 3.05) is 12.4 Å². The van der Waals surface area contributed by atoms with Crippen LogP contribution in [-0.4, -0.2) is 35.1 Å². The van der Waals surface area contributed by atoms with Crippen molar-refractivity contribution >= 4 is 45.2 Å². The van der Waals surface area contributed by atoms with Gasteiger partial charge in [-0.3, -0.25) is 0 Å². The van der Waals surface area contributed by atoms with Gasteiger partial charge in [-0.2, -0.15) is 0 Å². The Labute approximate surface area is 118 Å². The van der Waals surface area contributed by atoms with Crippen LogP contribution in [0.2, 0.25) is 5.02 Å². The largest absolute Gasteiger partial charge is 0.480 e. The van der Waals surface area contributed by atoms with Crippen LogP contribution in [0.1, 0.15) is 6.92 Å². The van der Waals surface area contributed by atoms with Crippen molar-refractivity contribution in [3.05, 3.63) is 27.7 Å². The quantitative estimate of drug-likeness (QED) is 0.892. The highest BCUT2D eigenvalue weighted by molar-refractivity contribution is 9.10. The molecule has 98 valence electrons. The molecule has 0 bridgehead atoms. The van der Waals surface area contributed by atoms with Gasteiger partial charge in [0.05, 0.1) is 15.2 Å². The predicted molar refractivity (Wildman–Crippen MR) is 73.0 cm³/mol. The lowest BCUT2D eigenvalue weighted by molar-refractivity contribution is -0.141. The number of carboxylic acids is 1. The van der Waals surface area contributed by atoms with E-state index in [9.17, 15) is 9.59 Å². The van der Waals surface area contributed by atoms with E-state index < -0.39 is 18.0 Å². The average Bonchev–Trinajstić information content (AvgIpc) is 2.32. The Morgan fingerprint density at radius 2 is 2.11 bits per heavy atom. The van der Waals surface area contributed by atoms with Crippen LogP contribution in [0.15, 0.2) is 22.7 Å². The zero-order chi connectivity index (χ0) is 13.9. The van der Waals surface area contributed by atoms with E-state index in [1.54, 1.807) is 18.2 Å². The Hall–Kier alpha value is -1.27. The highest BCUT2D eigenvalue weighted by Gasteiger charge is 2.22. The smallest absolute Gasteiger partial charge is 0.326 e. The van der Waals surface area contributed by atoms with Crippen molar-refractivity contribution in [2.45, 2.75) is 13.0 Å². The van der Waals surface area contributed by atoms with Crippen LogP contribution < -0.4 is 5.32 Å². The fourth-order valence-corrected chi connectivity index (χ4v) is 1.68.